The van der Waals surface area contributed by atoms with Gasteiger partial charge in [0.15, 0.2) is 0 Å². The van der Waals surface area contributed by atoms with Crippen molar-refractivity contribution in [2.75, 3.05) is 7.11 Å². The van der Waals surface area contributed by atoms with Gasteiger partial charge < -0.3 is 20.1 Å². The topological polar surface area (TPSA) is 104 Å². The number of carbonyl (C=O) groups is 2. The van der Waals surface area contributed by atoms with Gasteiger partial charge in [-0.1, -0.05) is 66.9 Å². The largest absolute Gasteiger partial charge is 0.496 e. The number of nitrogens with zero attached hydrogens (tertiary/aromatic N) is 1. The molecule has 0 aliphatic heterocycles. The van der Waals surface area contributed by atoms with Gasteiger partial charge in [-0.3, -0.25) is 4.79 Å². The molecule has 1 aromatic heterocycles. The predicted octanol–water partition coefficient (Wildman–Crippen LogP) is 8.33. The monoisotopic (exact) mass is 641 g/mol. The Morgan fingerprint density at radius 2 is 1.95 bits per heavy atom. The summed E-state index contributed by atoms with van der Waals surface area (Å²) in [4.78, 5) is 33.7. The smallest absolute Gasteiger partial charge is 0.336 e. The second-order valence-electron chi connectivity index (χ2n) is 10.1. The Morgan fingerprint density at radius 3 is 2.67 bits per heavy atom. The Balaban J connectivity index is 1.50. The van der Waals surface area contributed by atoms with Crippen molar-refractivity contribution in [2.45, 2.75) is 37.1 Å². The molecule has 3 N–H and O–H groups in total. The van der Waals surface area contributed by atoms with Crippen molar-refractivity contribution in [1.29, 1.82) is 0 Å². The highest BCUT2D eigenvalue weighted by Crippen LogP contribution is 2.42. The zero-order valence-corrected chi connectivity index (χ0v) is 25.4. The zero-order chi connectivity index (χ0) is 30.8. The van der Waals surface area contributed by atoms with Crippen molar-refractivity contribution < 1.29 is 23.8 Å². The number of imidazole rings is 1. The van der Waals surface area contributed by atoms with Crippen molar-refractivity contribution in [3.05, 3.63) is 111 Å². The molecule has 4 aromatic rings. The molecule has 0 saturated carbocycles. The molecule has 5 rings (SSSR count). The van der Waals surface area contributed by atoms with Crippen LogP contribution >= 0.6 is 34.8 Å². The lowest BCUT2D eigenvalue weighted by atomic mass is 9.81. The molecule has 3 atom stereocenters. The van der Waals surface area contributed by atoms with Crippen molar-refractivity contribution in [1.82, 2.24) is 15.3 Å². The van der Waals surface area contributed by atoms with E-state index in [4.69, 9.17) is 39.5 Å². The number of carboxylic acid groups (broad SMARTS) is 1. The first-order chi connectivity index (χ1) is 20.6. The fourth-order valence-corrected chi connectivity index (χ4v) is 6.00. The Morgan fingerprint density at radius 1 is 1.16 bits per heavy atom. The number of fused-ring (bicyclic) bond motifs is 1. The number of alkyl halides is 1. The van der Waals surface area contributed by atoms with Crippen molar-refractivity contribution >= 4 is 63.3 Å². The number of benzene rings is 3. The van der Waals surface area contributed by atoms with Crippen LogP contribution in [-0.2, 0) is 0 Å². The van der Waals surface area contributed by atoms with E-state index in [2.05, 4.69) is 15.3 Å². The maximum Gasteiger partial charge on any atom is 0.336 e. The van der Waals surface area contributed by atoms with Crippen LogP contribution in [0.2, 0.25) is 10.0 Å². The summed E-state index contributed by atoms with van der Waals surface area (Å²) < 4.78 is 19.6. The van der Waals surface area contributed by atoms with Gasteiger partial charge in [0, 0.05) is 33.7 Å². The van der Waals surface area contributed by atoms with E-state index in [-0.39, 0.29) is 16.1 Å². The van der Waals surface area contributed by atoms with E-state index in [9.17, 15) is 19.1 Å². The number of aromatic amines is 1. The van der Waals surface area contributed by atoms with E-state index in [0.29, 0.717) is 45.2 Å². The van der Waals surface area contributed by atoms with Crippen molar-refractivity contribution in [3.63, 3.8) is 0 Å². The average Bonchev–Trinajstić information content (AvgIpc) is 3.39. The first kappa shape index (κ1) is 30.6. The van der Waals surface area contributed by atoms with Gasteiger partial charge in [-0.25, -0.2) is 14.2 Å². The molecule has 2 unspecified atom stereocenters. The number of rotatable bonds is 9. The van der Waals surface area contributed by atoms with Crippen LogP contribution in [0.15, 0.2) is 66.8 Å². The maximum absolute atomic E-state index is 14.1. The number of methoxy groups -OCH3 is 1. The van der Waals surface area contributed by atoms with E-state index in [1.165, 1.54) is 25.3 Å². The highest BCUT2D eigenvalue weighted by atomic mass is 35.5. The number of allylic oxidation sites excluding steroid dienone is 4. The van der Waals surface area contributed by atoms with Gasteiger partial charge in [0.1, 0.15) is 17.4 Å². The number of hydrogen-bond donors (Lipinski definition) is 3. The number of halogens is 4. The van der Waals surface area contributed by atoms with Crippen LogP contribution in [0.1, 0.15) is 69.4 Å². The minimum atomic E-state index is -1.22. The average molecular weight is 643 g/mol. The molecule has 1 heterocycles. The number of amides is 1. The van der Waals surface area contributed by atoms with Crippen molar-refractivity contribution in [2.24, 2.45) is 0 Å². The van der Waals surface area contributed by atoms with Gasteiger partial charge in [-0.05, 0) is 42.3 Å². The standard InChI is InChI=1S/C32H27Cl3FN3O4/c1-3-5-25(19-11-9-17(33)13-28(19)43-2)39-31(40)16-8-10-18(21(12-16)32(41)42)29-20(6-4-7-22(29)34)30-37-26-14-23(35)24(36)15-27(26)38-30/h4,6-15,22,25,29H,3,5H2,1-2H3,(H,37,38)(H,39,40)(H,41,42)/t22-,25?,29?/m0/s1. The number of ether oxygens (including phenoxy) is 1. The molecule has 7 nitrogen and oxygen atoms in total. The first-order valence-corrected chi connectivity index (χ1v) is 14.7. The van der Waals surface area contributed by atoms with Gasteiger partial charge in [0.25, 0.3) is 5.91 Å². The molecule has 0 spiro atoms. The number of nitrogens with one attached hydrogen (secondary N) is 2. The van der Waals surface area contributed by atoms with Gasteiger partial charge in [0.05, 0.1) is 40.1 Å². The summed E-state index contributed by atoms with van der Waals surface area (Å²) in [5.41, 5.74) is 2.74. The van der Waals surface area contributed by atoms with Crippen LogP contribution in [0, 0.1) is 5.82 Å². The lowest BCUT2D eigenvalue weighted by molar-refractivity contribution is 0.0695. The molecule has 1 aliphatic carbocycles. The summed E-state index contributed by atoms with van der Waals surface area (Å²) in [5.74, 6) is -1.95. The summed E-state index contributed by atoms with van der Waals surface area (Å²) in [5, 5.41) is 13.1. The molecular formula is C32H27Cl3FN3O4. The fraction of sp³-hybridized carbons (Fsp3) is 0.219. The number of H-pyrrole nitrogens is 1. The third-order valence-electron chi connectivity index (χ3n) is 7.36. The molecule has 1 amide bonds. The van der Waals surface area contributed by atoms with Crippen LogP contribution in [-0.4, -0.2) is 39.4 Å². The number of hydrogen-bond acceptors (Lipinski definition) is 4. The van der Waals surface area contributed by atoms with E-state index < -0.39 is 35.0 Å². The SMILES string of the molecule is CCCC(NC(=O)c1ccc(C2C(c3nc4cc(Cl)c(F)cc4[nH]3)=CC=C[C@@H]2Cl)c(C(=O)O)c1)c1ccc(Cl)cc1OC. The van der Waals surface area contributed by atoms with Crippen molar-refractivity contribution in [3.8, 4) is 5.75 Å². The van der Waals surface area contributed by atoms with E-state index >= 15 is 0 Å². The minimum absolute atomic E-state index is 0.0625. The number of carbonyl (C=O) groups excluding carboxylic acids is 1. The lowest BCUT2D eigenvalue weighted by Crippen LogP contribution is -2.29. The van der Waals surface area contributed by atoms with E-state index in [0.717, 1.165) is 12.0 Å². The maximum atomic E-state index is 14.1. The molecule has 3 aromatic carbocycles. The highest BCUT2D eigenvalue weighted by molar-refractivity contribution is 6.31. The molecule has 0 saturated heterocycles. The summed E-state index contributed by atoms with van der Waals surface area (Å²) in [7, 11) is 1.53. The van der Waals surface area contributed by atoms with E-state index in [1.807, 2.05) is 6.92 Å². The molecule has 11 heteroatoms. The molecule has 0 radical (unpaired) electrons. The predicted molar refractivity (Wildman–Crippen MR) is 167 cm³/mol. The van der Waals surface area contributed by atoms with Crippen LogP contribution in [0.25, 0.3) is 16.6 Å². The summed E-state index contributed by atoms with van der Waals surface area (Å²) in [6, 6.07) is 12.0. The van der Waals surface area contributed by atoms with Gasteiger partial charge in [-0.2, -0.15) is 0 Å². The Labute approximate surface area is 262 Å². The second kappa shape index (κ2) is 12.8. The normalized spacial score (nSPS) is 17.0. The molecule has 0 bridgehead atoms. The zero-order valence-electron chi connectivity index (χ0n) is 23.1. The molecule has 222 valence electrons. The Kier molecular flexibility index (Phi) is 9.11. The Hall–Kier alpha value is -3.85. The summed E-state index contributed by atoms with van der Waals surface area (Å²) in [6.45, 7) is 2.00. The second-order valence-corrected chi connectivity index (χ2v) is 11.5. The van der Waals surface area contributed by atoms with Crippen LogP contribution in [0.5, 0.6) is 5.75 Å². The lowest BCUT2D eigenvalue weighted by Gasteiger charge is -2.27. The van der Waals surface area contributed by atoms with E-state index in [1.54, 1.807) is 48.6 Å². The Bertz CT molecular complexity index is 1750. The summed E-state index contributed by atoms with van der Waals surface area (Å²) >= 11 is 18.8. The first-order valence-electron chi connectivity index (χ1n) is 13.5. The third kappa shape index (κ3) is 6.27. The highest BCUT2D eigenvalue weighted by Gasteiger charge is 2.32. The molecule has 0 fully saturated rings. The van der Waals surface area contributed by atoms with Crippen LogP contribution in [0.3, 0.4) is 0 Å². The van der Waals surface area contributed by atoms with Gasteiger partial charge in [0.2, 0.25) is 0 Å². The number of aromatic carboxylic acids is 1. The fourth-order valence-electron chi connectivity index (χ4n) is 5.32. The van der Waals surface area contributed by atoms with Crippen LogP contribution < -0.4 is 10.1 Å². The number of aromatic nitrogens is 2. The molecule has 1 aliphatic rings. The quantitative estimate of drug-likeness (QED) is 0.159. The third-order valence-corrected chi connectivity index (χ3v) is 8.28. The molecular weight excluding hydrogens is 616 g/mol. The number of carboxylic acids is 1. The molecule has 43 heavy (non-hydrogen) atoms. The van der Waals surface area contributed by atoms with Gasteiger partial charge >= 0.3 is 5.97 Å². The minimum Gasteiger partial charge on any atom is -0.496 e. The van der Waals surface area contributed by atoms with Gasteiger partial charge in [-0.15, -0.1) is 11.6 Å². The summed E-state index contributed by atoms with van der Waals surface area (Å²) in [6.07, 6.45) is 6.68. The van der Waals surface area contributed by atoms with Crippen LogP contribution in [0.4, 0.5) is 4.39 Å².